The van der Waals surface area contributed by atoms with Gasteiger partial charge in [-0.15, -0.1) is 5.06 Å². The molecule has 0 N–H and O–H groups in total. The summed E-state index contributed by atoms with van der Waals surface area (Å²) in [5, 5.41) is 1.61. The molecule has 1 fully saturated rings. The molecule has 1 aliphatic heterocycles. The minimum atomic E-state index is -0.635. The van der Waals surface area contributed by atoms with Crippen molar-refractivity contribution in [2.24, 2.45) is 0 Å². The van der Waals surface area contributed by atoms with Gasteiger partial charge in [-0.05, 0) is 62.2 Å². The number of hydrogen-bond donors (Lipinski definition) is 0. The maximum Gasteiger partial charge on any atom is 0.337 e. The Morgan fingerprint density at radius 1 is 1.03 bits per heavy atom. The highest BCUT2D eigenvalue weighted by Gasteiger charge is 2.32. The fourth-order valence-corrected chi connectivity index (χ4v) is 3.80. The standard InChI is InChI=1S/C24H31N3O4/c1-3-26(4-2)13-7-5-6-8-19-14-20-10-9-18(15-21(20)25-17-19)16-24(30)31-27-22(28)11-12-23(27)29/h9-10,14-15,17H,3-8,11-13,16H2,1-2H3. The van der Waals surface area contributed by atoms with E-state index in [0.717, 1.165) is 48.9 Å². The fraction of sp³-hybridized carbons (Fsp3) is 0.500. The number of benzene rings is 1. The molecule has 2 amide bonds. The summed E-state index contributed by atoms with van der Waals surface area (Å²) in [6, 6.07) is 7.79. The first-order valence-corrected chi connectivity index (χ1v) is 11.2. The SMILES string of the molecule is CCN(CC)CCCCCc1cnc2cc(CC(=O)ON3C(=O)CCC3=O)ccc2c1. The third-order valence-corrected chi connectivity index (χ3v) is 5.69. The summed E-state index contributed by atoms with van der Waals surface area (Å²) in [7, 11) is 0. The number of amides is 2. The average Bonchev–Trinajstić information content (AvgIpc) is 3.08. The van der Waals surface area contributed by atoms with Crippen molar-refractivity contribution in [2.75, 3.05) is 19.6 Å². The van der Waals surface area contributed by atoms with E-state index in [9.17, 15) is 14.4 Å². The van der Waals surface area contributed by atoms with Crippen molar-refractivity contribution >= 4 is 28.7 Å². The number of imide groups is 1. The van der Waals surface area contributed by atoms with Gasteiger partial charge in [0, 0.05) is 24.4 Å². The molecule has 2 heterocycles. The number of unbranched alkanes of at least 4 members (excludes halogenated alkanes) is 2. The van der Waals surface area contributed by atoms with Crippen molar-refractivity contribution in [1.29, 1.82) is 0 Å². The number of aromatic nitrogens is 1. The molecule has 166 valence electrons. The van der Waals surface area contributed by atoms with Crippen molar-refractivity contribution < 1.29 is 19.2 Å². The summed E-state index contributed by atoms with van der Waals surface area (Å²) in [5.41, 5.74) is 2.76. The second-order valence-electron chi connectivity index (χ2n) is 7.93. The summed E-state index contributed by atoms with van der Waals surface area (Å²) in [4.78, 5) is 47.2. The van der Waals surface area contributed by atoms with Gasteiger partial charge in [-0.1, -0.05) is 32.4 Å². The van der Waals surface area contributed by atoms with E-state index in [2.05, 4.69) is 29.8 Å². The molecule has 31 heavy (non-hydrogen) atoms. The van der Waals surface area contributed by atoms with E-state index in [1.54, 1.807) is 0 Å². The molecule has 1 aromatic carbocycles. The number of rotatable bonds is 11. The highest BCUT2D eigenvalue weighted by atomic mass is 16.7. The van der Waals surface area contributed by atoms with Crippen LogP contribution in [0.2, 0.25) is 0 Å². The zero-order valence-corrected chi connectivity index (χ0v) is 18.4. The number of pyridine rings is 1. The number of hydrogen-bond acceptors (Lipinski definition) is 6. The molecule has 0 aliphatic carbocycles. The van der Waals surface area contributed by atoms with Crippen LogP contribution in [-0.2, 0) is 32.1 Å². The molecule has 3 rings (SSSR count). The molecule has 1 aliphatic rings. The molecule has 7 heteroatoms. The maximum atomic E-state index is 12.1. The second-order valence-corrected chi connectivity index (χ2v) is 7.93. The van der Waals surface area contributed by atoms with E-state index in [4.69, 9.17) is 4.84 Å². The first-order valence-electron chi connectivity index (χ1n) is 11.2. The van der Waals surface area contributed by atoms with Crippen LogP contribution in [-0.4, -0.2) is 52.4 Å². The lowest BCUT2D eigenvalue weighted by Gasteiger charge is -2.17. The summed E-state index contributed by atoms with van der Waals surface area (Å²) in [6.07, 6.45) is 6.63. The Balaban J connectivity index is 1.51. The summed E-state index contributed by atoms with van der Waals surface area (Å²) in [5.74, 6) is -1.58. The van der Waals surface area contributed by atoms with Crippen LogP contribution in [0.15, 0.2) is 30.5 Å². The van der Waals surface area contributed by atoms with Crippen LogP contribution in [0.4, 0.5) is 0 Å². The van der Waals surface area contributed by atoms with Crippen LogP contribution >= 0.6 is 0 Å². The van der Waals surface area contributed by atoms with Crippen molar-refractivity contribution in [2.45, 2.75) is 58.8 Å². The highest BCUT2D eigenvalue weighted by Crippen LogP contribution is 2.18. The van der Waals surface area contributed by atoms with Gasteiger partial charge in [0.05, 0.1) is 11.9 Å². The minimum Gasteiger partial charge on any atom is -0.330 e. The molecule has 0 saturated carbocycles. The quantitative estimate of drug-likeness (QED) is 0.405. The normalized spacial score (nSPS) is 14.1. The lowest BCUT2D eigenvalue weighted by molar-refractivity contribution is -0.197. The molecule has 7 nitrogen and oxygen atoms in total. The van der Waals surface area contributed by atoms with E-state index in [-0.39, 0.29) is 19.3 Å². The number of fused-ring (bicyclic) bond motifs is 1. The topological polar surface area (TPSA) is 79.8 Å². The lowest BCUT2D eigenvalue weighted by Crippen LogP contribution is -2.32. The van der Waals surface area contributed by atoms with Gasteiger partial charge in [-0.2, -0.15) is 0 Å². The van der Waals surface area contributed by atoms with Gasteiger partial charge in [-0.3, -0.25) is 14.6 Å². The van der Waals surface area contributed by atoms with Crippen LogP contribution in [0, 0.1) is 0 Å². The van der Waals surface area contributed by atoms with Crippen LogP contribution in [0.25, 0.3) is 10.9 Å². The van der Waals surface area contributed by atoms with Crippen LogP contribution < -0.4 is 0 Å². The number of carbonyl (C=O) groups is 3. The minimum absolute atomic E-state index is 0.0248. The van der Waals surface area contributed by atoms with Gasteiger partial charge in [-0.25, -0.2) is 4.79 Å². The van der Waals surface area contributed by atoms with E-state index in [1.165, 1.54) is 18.4 Å². The third kappa shape index (κ3) is 6.34. The molecule has 0 spiro atoms. The van der Waals surface area contributed by atoms with Gasteiger partial charge >= 0.3 is 5.97 Å². The number of aryl methyl sites for hydroxylation is 1. The molecule has 1 saturated heterocycles. The number of hydroxylamine groups is 2. The fourth-order valence-electron chi connectivity index (χ4n) is 3.80. The summed E-state index contributed by atoms with van der Waals surface area (Å²) < 4.78 is 0. The van der Waals surface area contributed by atoms with E-state index in [0.29, 0.717) is 5.06 Å². The Morgan fingerprint density at radius 3 is 2.48 bits per heavy atom. The highest BCUT2D eigenvalue weighted by molar-refractivity contribution is 6.01. The molecule has 1 aromatic heterocycles. The van der Waals surface area contributed by atoms with E-state index >= 15 is 0 Å². The third-order valence-electron chi connectivity index (χ3n) is 5.69. The monoisotopic (exact) mass is 425 g/mol. The molecule has 0 unspecified atom stereocenters. The average molecular weight is 426 g/mol. The van der Waals surface area contributed by atoms with E-state index < -0.39 is 17.8 Å². The molecular formula is C24H31N3O4. The van der Waals surface area contributed by atoms with Gasteiger partial charge < -0.3 is 9.74 Å². The zero-order chi connectivity index (χ0) is 22.2. The first kappa shape index (κ1) is 22.9. The molecular weight excluding hydrogens is 394 g/mol. The number of carbonyl (C=O) groups excluding carboxylic acids is 3. The Bertz CT molecular complexity index is 924. The molecule has 0 atom stereocenters. The predicted molar refractivity (Wildman–Crippen MR) is 118 cm³/mol. The van der Waals surface area contributed by atoms with Gasteiger partial charge in [0.1, 0.15) is 0 Å². The second kappa shape index (κ2) is 11.0. The zero-order valence-electron chi connectivity index (χ0n) is 18.4. The number of nitrogens with zero attached hydrogens (tertiary/aromatic N) is 3. The van der Waals surface area contributed by atoms with Gasteiger partial charge in [0.2, 0.25) is 0 Å². The molecule has 0 bridgehead atoms. The Hall–Kier alpha value is -2.80. The maximum absolute atomic E-state index is 12.1. The van der Waals surface area contributed by atoms with E-state index in [1.807, 2.05) is 24.4 Å². The van der Waals surface area contributed by atoms with Crippen molar-refractivity contribution in [3.8, 4) is 0 Å². The molecule has 2 aromatic rings. The lowest BCUT2D eigenvalue weighted by atomic mass is 10.0. The predicted octanol–water partition coefficient (Wildman–Crippen LogP) is 3.44. The Morgan fingerprint density at radius 2 is 1.77 bits per heavy atom. The van der Waals surface area contributed by atoms with Crippen molar-refractivity contribution in [3.05, 3.63) is 41.6 Å². The van der Waals surface area contributed by atoms with Crippen LogP contribution in [0.1, 0.15) is 57.1 Å². The van der Waals surface area contributed by atoms with Crippen molar-refractivity contribution in [1.82, 2.24) is 14.9 Å². The smallest absolute Gasteiger partial charge is 0.330 e. The van der Waals surface area contributed by atoms with Crippen LogP contribution in [0.3, 0.4) is 0 Å². The Kier molecular flexibility index (Phi) is 8.12. The first-order chi connectivity index (χ1) is 15.0. The Labute approximate surface area is 183 Å². The van der Waals surface area contributed by atoms with Gasteiger partial charge in [0.15, 0.2) is 0 Å². The van der Waals surface area contributed by atoms with Crippen molar-refractivity contribution in [3.63, 3.8) is 0 Å². The summed E-state index contributed by atoms with van der Waals surface area (Å²) >= 11 is 0. The molecule has 0 radical (unpaired) electrons. The summed E-state index contributed by atoms with van der Waals surface area (Å²) in [6.45, 7) is 7.79. The van der Waals surface area contributed by atoms with Crippen LogP contribution in [0.5, 0.6) is 0 Å². The largest absolute Gasteiger partial charge is 0.337 e. The van der Waals surface area contributed by atoms with Gasteiger partial charge in [0.25, 0.3) is 11.8 Å².